The van der Waals surface area contributed by atoms with Gasteiger partial charge in [0, 0.05) is 11.9 Å². The smallest absolute Gasteiger partial charge is 0.227 e. The molecule has 1 fully saturated rings. The summed E-state index contributed by atoms with van der Waals surface area (Å²) < 4.78 is 13.0. The molecule has 5 nitrogen and oxygen atoms in total. The van der Waals surface area contributed by atoms with Gasteiger partial charge in [-0.1, -0.05) is 13.0 Å². The Morgan fingerprint density at radius 1 is 1.11 bits per heavy atom. The molecule has 0 atom stereocenters. The Bertz CT molecular complexity index is 965. The first kappa shape index (κ1) is 19.0. The topological polar surface area (TPSA) is 70.9 Å². The van der Waals surface area contributed by atoms with E-state index in [-0.39, 0.29) is 0 Å². The molecule has 3 aromatic rings. The van der Waals surface area contributed by atoms with Gasteiger partial charge in [0.05, 0.1) is 17.3 Å². The van der Waals surface area contributed by atoms with Gasteiger partial charge in [-0.25, -0.2) is 19.3 Å². The van der Waals surface area contributed by atoms with Crippen molar-refractivity contribution in [3.8, 4) is 10.4 Å². The van der Waals surface area contributed by atoms with Crippen LogP contribution in [0.5, 0.6) is 0 Å². The lowest BCUT2D eigenvalue weighted by atomic mass is 9.80. The van der Waals surface area contributed by atoms with Gasteiger partial charge in [0.1, 0.15) is 10.6 Å². The van der Waals surface area contributed by atoms with Gasteiger partial charge in [-0.15, -0.1) is 11.3 Å². The van der Waals surface area contributed by atoms with E-state index >= 15 is 0 Å². The van der Waals surface area contributed by atoms with E-state index in [4.69, 9.17) is 0 Å². The maximum Gasteiger partial charge on any atom is 0.227 e. The third-order valence-corrected chi connectivity index (χ3v) is 6.48. The zero-order valence-corrected chi connectivity index (χ0v) is 16.8. The van der Waals surface area contributed by atoms with E-state index in [1.54, 1.807) is 11.3 Å². The molecule has 1 aromatic carbocycles. The van der Waals surface area contributed by atoms with E-state index in [1.165, 1.54) is 0 Å². The van der Waals surface area contributed by atoms with Gasteiger partial charge in [0.25, 0.3) is 0 Å². The number of nitrogens with zero attached hydrogens (tertiary/aromatic N) is 3. The van der Waals surface area contributed by atoms with Gasteiger partial charge in [-0.2, -0.15) is 0 Å². The van der Waals surface area contributed by atoms with Crippen molar-refractivity contribution >= 4 is 23.0 Å². The molecular formula is C21H23FN4OS. The van der Waals surface area contributed by atoms with E-state index in [0.717, 1.165) is 64.8 Å². The van der Waals surface area contributed by atoms with Gasteiger partial charge in [-0.3, -0.25) is 0 Å². The van der Waals surface area contributed by atoms with Crippen LogP contribution in [0.4, 0.5) is 16.0 Å². The molecule has 1 saturated carbocycles. The molecule has 4 rings (SSSR count). The van der Waals surface area contributed by atoms with Crippen LogP contribution in [-0.4, -0.2) is 20.1 Å². The fraction of sp³-hybridized carbons (Fsp3) is 0.381. The first-order valence-corrected chi connectivity index (χ1v) is 10.3. The zero-order valence-electron chi connectivity index (χ0n) is 15.9. The minimum Gasteiger partial charge on any atom is -0.383 e. The molecule has 1 aliphatic carbocycles. The lowest BCUT2D eigenvalue weighted by Crippen LogP contribution is -2.30. The highest BCUT2D eigenvalue weighted by Gasteiger charge is 2.36. The van der Waals surface area contributed by atoms with Gasteiger partial charge in [0.2, 0.25) is 5.95 Å². The molecule has 0 aliphatic heterocycles. The third-order valence-electron chi connectivity index (χ3n) is 5.24. The summed E-state index contributed by atoms with van der Waals surface area (Å²) >= 11 is 1.55. The van der Waals surface area contributed by atoms with Crippen molar-refractivity contribution < 1.29 is 9.50 Å². The van der Waals surface area contributed by atoms with E-state index in [9.17, 15) is 9.50 Å². The lowest BCUT2D eigenvalue weighted by Gasteiger charge is -2.33. The Morgan fingerprint density at radius 2 is 1.82 bits per heavy atom. The van der Waals surface area contributed by atoms with Gasteiger partial charge < -0.3 is 10.4 Å². The van der Waals surface area contributed by atoms with Crippen LogP contribution in [0.15, 0.2) is 36.8 Å². The molecule has 2 heterocycles. The Labute approximate surface area is 167 Å². The first-order valence-electron chi connectivity index (χ1n) is 9.47. The van der Waals surface area contributed by atoms with Crippen molar-refractivity contribution in [1.29, 1.82) is 0 Å². The Kier molecular flexibility index (Phi) is 5.12. The summed E-state index contributed by atoms with van der Waals surface area (Å²) in [6, 6.07) is 6.05. The predicted molar refractivity (Wildman–Crippen MR) is 109 cm³/mol. The molecule has 0 radical (unpaired) electrons. The second-order valence-electron chi connectivity index (χ2n) is 7.68. The number of halogens is 1. The fourth-order valence-corrected chi connectivity index (χ4v) is 4.63. The van der Waals surface area contributed by atoms with Crippen molar-refractivity contribution in [2.45, 2.75) is 45.1 Å². The van der Waals surface area contributed by atoms with Crippen LogP contribution < -0.4 is 5.32 Å². The molecular weight excluding hydrogens is 375 g/mol. The Balaban J connectivity index is 1.58. The summed E-state index contributed by atoms with van der Waals surface area (Å²) in [6.45, 7) is 4.25. The van der Waals surface area contributed by atoms with Crippen molar-refractivity contribution in [3.05, 3.63) is 53.2 Å². The summed E-state index contributed by atoms with van der Waals surface area (Å²) in [5, 5.41) is 14.9. The maximum absolute atomic E-state index is 13.0. The minimum absolute atomic E-state index is 0.341. The molecule has 0 saturated heterocycles. The average molecular weight is 399 g/mol. The summed E-state index contributed by atoms with van der Waals surface area (Å²) in [5.74, 6) is 0.537. The maximum atomic E-state index is 13.0. The monoisotopic (exact) mass is 398 g/mol. The highest BCUT2D eigenvalue weighted by atomic mass is 32.1. The highest BCUT2D eigenvalue weighted by molar-refractivity contribution is 7.15. The molecule has 1 aliphatic rings. The normalized spacial score (nSPS) is 22.2. The second kappa shape index (κ2) is 7.56. The molecule has 0 amide bonds. The fourth-order valence-electron chi connectivity index (χ4n) is 3.58. The molecule has 0 unspecified atom stereocenters. The summed E-state index contributed by atoms with van der Waals surface area (Å²) in [4.78, 5) is 13.4. The van der Waals surface area contributed by atoms with Crippen molar-refractivity contribution in [3.63, 3.8) is 0 Å². The van der Waals surface area contributed by atoms with Crippen LogP contribution >= 0.6 is 11.3 Å². The van der Waals surface area contributed by atoms with Crippen LogP contribution in [0.25, 0.3) is 10.4 Å². The number of aliphatic hydroxyl groups is 1. The van der Waals surface area contributed by atoms with Crippen molar-refractivity contribution in [2.24, 2.45) is 5.92 Å². The Morgan fingerprint density at radius 3 is 2.54 bits per heavy atom. The number of anilines is 2. The van der Waals surface area contributed by atoms with E-state index in [0.29, 0.717) is 11.9 Å². The summed E-state index contributed by atoms with van der Waals surface area (Å²) in [5.41, 5.74) is 2.10. The predicted octanol–water partition coefficient (Wildman–Crippen LogP) is 5.19. The molecule has 0 spiro atoms. The molecule has 7 heteroatoms. The van der Waals surface area contributed by atoms with E-state index in [1.807, 2.05) is 25.3 Å². The standard InChI is InChI=1S/C21H23FN4OS/c1-13-3-5-21(27,6-4-13)19-23-12-18(28-19)15-7-14(2)8-17(9-15)26-20-24-10-16(22)11-25-20/h7-13,27H,3-6H2,1-2H3,(H,24,25,26). The number of hydrogen-bond acceptors (Lipinski definition) is 6. The summed E-state index contributed by atoms with van der Waals surface area (Å²) in [6.07, 6.45) is 7.69. The number of thiazole rings is 1. The number of rotatable bonds is 4. The number of nitrogens with one attached hydrogen (secondary N) is 1. The van der Waals surface area contributed by atoms with Crippen LogP contribution in [-0.2, 0) is 5.60 Å². The van der Waals surface area contributed by atoms with Crippen molar-refractivity contribution in [2.75, 3.05) is 5.32 Å². The van der Waals surface area contributed by atoms with Crippen LogP contribution in [0, 0.1) is 18.7 Å². The highest BCUT2D eigenvalue weighted by Crippen LogP contribution is 2.42. The van der Waals surface area contributed by atoms with Crippen molar-refractivity contribution in [1.82, 2.24) is 15.0 Å². The average Bonchev–Trinajstić information content (AvgIpc) is 3.17. The van der Waals surface area contributed by atoms with Gasteiger partial charge >= 0.3 is 0 Å². The Hall–Kier alpha value is -2.38. The number of aryl methyl sites for hydroxylation is 1. The minimum atomic E-state index is -0.803. The molecule has 2 aromatic heterocycles. The van der Waals surface area contributed by atoms with Gasteiger partial charge in [0.15, 0.2) is 5.82 Å². The van der Waals surface area contributed by atoms with Crippen LogP contribution in [0.2, 0.25) is 0 Å². The molecule has 146 valence electrons. The lowest BCUT2D eigenvalue weighted by molar-refractivity contribution is -0.0121. The molecule has 0 bridgehead atoms. The van der Waals surface area contributed by atoms with Crippen LogP contribution in [0.1, 0.15) is 43.2 Å². The van der Waals surface area contributed by atoms with Gasteiger partial charge in [-0.05, 0) is 61.8 Å². The first-order chi connectivity index (χ1) is 13.4. The number of hydrogen-bond donors (Lipinski definition) is 2. The molecule has 2 N–H and O–H groups in total. The third kappa shape index (κ3) is 4.05. The largest absolute Gasteiger partial charge is 0.383 e. The second-order valence-corrected chi connectivity index (χ2v) is 8.71. The van der Waals surface area contributed by atoms with Crippen LogP contribution in [0.3, 0.4) is 0 Å². The quantitative estimate of drug-likeness (QED) is 0.633. The zero-order chi connectivity index (χ0) is 19.7. The number of benzene rings is 1. The van der Waals surface area contributed by atoms with E-state index in [2.05, 4.69) is 33.3 Å². The van der Waals surface area contributed by atoms with E-state index < -0.39 is 11.4 Å². The SMILES string of the molecule is Cc1cc(Nc2ncc(F)cn2)cc(-c2cnc(C3(O)CCC(C)CC3)s2)c1. The number of aromatic nitrogens is 3. The summed E-state index contributed by atoms with van der Waals surface area (Å²) in [7, 11) is 0. The molecule has 28 heavy (non-hydrogen) atoms.